The average molecular weight is 232 g/mol. The van der Waals surface area contributed by atoms with Crippen molar-refractivity contribution in [1.29, 1.82) is 0 Å². The molecule has 0 bridgehead atoms. The van der Waals surface area contributed by atoms with E-state index in [4.69, 9.17) is 5.73 Å². The lowest BCUT2D eigenvalue weighted by Crippen LogP contribution is -2.25. The van der Waals surface area contributed by atoms with Gasteiger partial charge in [0.25, 0.3) is 0 Å². The van der Waals surface area contributed by atoms with Crippen LogP contribution in [-0.2, 0) is 12.8 Å². The highest BCUT2D eigenvalue weighted by Crippen LogP contribution is 2.44. The fourth-order valence-electron chi connectivity index (χ4n) is 2.57. The van der Waals surface area contributed by atoms with Gasteiger partial charge in [-0.15, -0.1) is 0 Å². The van der Waals surface area contributed by atoms with Crippen molar-refractivity contribution < 1.29 is 0 Å². The molecule has 0 radical (unpaired) electrons. The van der Waals surface area contributed by atoms with E-state index >= 15 is 0 Å². The van der Waals surface area contributed by atoms with Gasteiger partial charge in [0.2, 0.25) is 0 Å². The molecule has 0 aromatic carbocycles. The molecule has 0 saturated heterocycles. The fourth-order valence-corrected chi connectivity index (χ4v) is 2.57. The monoisotopic (exact) mass is 232 g/mol. The molecule has 0 unspecified atom stereocenters. The number of rotatable bonds is 4. The smallest absolute Gasteiger partial charge is 0.132 e. The maximum absolute atomic E-state index is 5.80. The van der Waals surface area contributed by atoms with Gasteiger partial charge in [0.15, 0.2) is 0 Å². The molecule has 1 aromatic rings. The molecule has 0 aliphatic heterocycles. The molecule has 1 saturated carbocycles. The summed E-state index contributed by atoms with van der Waals surface area (Å²) in [6.45, 7) is 1.75. The summed E-state index contributed by atoms with van der Waals surface area (Å²) in [5.41, 5.74) is 8.73. The molecule has 1 aromatic heterocycles. The third-order valence-electron chi connectivity index (χ3n) is 4.15. The first kappa shape index (κ1) is 11.0. The third kappa shape index (κ3) is 2.14. The zero-order chi connectivity index (χ0) is 11.7. The molecule has 4 heteroatoms. The second kappa shape index (κ2) is 4.26. The first-order valence-electron chi connectivity index (χ1n) is 6.60. The van der Waals surface area contributed by atoms with Crippen molar-refractivity contribution in [2.75, 3.05) is 18.4 Å². The van der Waals surface area contributed by atoms with E-state index in [-0.39, 0.29) is 0 Å². The van der Waals surface area contributed by atoms with Crippen molar-refractivity contribution in [2.24, 2.45) is 11.1 Å². The molecule has 17 heavy (non-hydrogen) atoms. The Hall–Kier alpha value is -1.16. The normalized spacial score (nSPS) is 20.8. The molecular weight excluding hydrogens is 212 g/mol. The predicted octanol–water partition coefficient (Wildman–Crippen LogP) is 1.51. The largest absolute Gasteiger partial charge is 0.369 e. The van der Waals surface area contributed by atoms with Crippen molar-refractivity contribution in [3.63, 3.8) is 0 Å². The Morgan fingerprint density at radius 3 is 2.82 bits per heavy atom. The lowest BCUT2D eigenvalue weighted by molar-refractivity contribution is 0.553. The molecule has 2 aliphatic carbocycles. The van der Waals surface area contributed by atoms with E-state index < -0.39 is 0 Å². The van der Waals surface area contributed by atoms with Crippen molar-refractivity contribution in [3.05, 3.63) is 17.6 Å². The van der Waals surface area contributed by atoms with Gasteiger partial charge in [0, 0.05) is 17.8 Å². The summed E-state index contributed by atoms with van der Waals surface area (Å²) in [5.74, 6) is 1.05. The van der Waals surface area contributed by atoms with E-state index in [1.807, 2.05) is 0 Å². The second-order valence-electron chi connectivity index (χ2n) is 5.41. The number of hydrogen-bond donors (Lipinski definition) is 2. The van der Waals surface area contributed by atoms with E-state index in [2.05, 4.69) is 15.3 Å². The maximum Gasteiger partial charge on any atom is 0.132 e. The minimum absolute atomic E-state index is 0.354. The number of aromatic nitrogens is 2. The van der Waals surface area contributed by atoms with Gasteiger partial charge in [-0.25, -0.2) is 9.97 Å². The molecule has 2 aliphatic rings. The summed E-state index contributed by atoms with van der Waals surface area (Å²) in [7, 11) is 0. The SMILES string of the molecule is NCC1(CNc2ncnc3c2CCCC3)CC1. The van der Waals surface area contributed by atoms with Crippen LogP contribution in [-0.4, -0.2) is 23.1 Å². The molecule has 0 spiro atoms. The van der Waals surface area contributed by atoms with E-state index in [1.54, 1.807) is 6.33 Å². The van der Waals surface area contributed by atoms with Gasteiger partial charge in [-0.1, -0.05) is 0 Å². The number of nitrogens with one attached hydrogen (secondary N) is 1. The van der Waals surface area contributed by atoms with Crippen molar-refractivity contribution >= 4 is 5.82 Å². The zero-order valence-electron chi connectivity index (χ0n) is 10.2. The van der Waals surface area contributed by atoms with Crippen LogP contribution in [0, 0.1) is 5.41 Å². The Kier molecular flexibility index (Phi) is 2.74. The Morgan fingerprint density at radius 2 is 2.06 bits per heavy atom. The summed E-state index contributed by atoms with van der Waals surface area (Å²) in [4.78, 5) is 8.78. The van der Waals surface area contributed by atoms with Gasteiger partial charge in [-0.3, -0.25) is 0 Å². The zero-order valence-corrected chi connectivity index (χ0v) is 10.2. The highest BCUT2D eigenvalue weighted by molar-refractivity contribution is 5.47. The standard InChI is InChI=1S/C13H20N4/c14-7-13(5-6-13)8-15-12-10-3-1-2-4-11(10)16-9-17-12/h9H,1-8,14H2,(H,15,16,17). The molecule has 4 nitrogen and oxygen atoms in total. The molecule has 3 N–H and O–H groups in total. The first-order chi connectivity index (χ1) is 8.33. The van der Waals surface area contributed by atoms with Gasteiger partial charge in [0.05, 0.1) is 0 Å². The quantitative estimate of drug-likeness (QED) is 0.826. The van der Waals surface area contributed by atoms with Crippen molar-refractivity contribution in [3.8, 4) is 0 Å². The number of anilines is 1. The molecule has 1 fully saturated rings. The van der Waals surface area contributed by atoms with E-state index in [9.17, 15) is 0 Å². The predicted molar refractivity (Wildman–Crippen MR) is 67.9 cm³/mol. The Morgan fingerprint density at radius 1 is 1.24 bits per heavy atom. The summed E-state index contributed by atoms with van der Waals surface area (Å²) in [5, 5.41) is 3.50. The summed E-state index contributed by atoms with van der Waals surface area (Å²) in [6.07, 6.45) is 8.94. The Balaban J connectivity index is 1.74. The fraction of sp³-hybridized carbons (Fsp3) is 0.692. The summed E-state index contributed by atoms with van der Waals surface area (Å²) in [6, 6.07) is 0. The minimum Gasteiger partial charge on any atom is -0.369 e. The Bertz CT molecular complexity index is 412. The molecule has 3 rings (SSSR count). The number of nitrogens with zero attached hydrogens (tertiary/aromatic N) is 2. The topological polar surface area (TPSA) is 63.8 Å². The molecule has 1 heterocycles. The molecular formula is C13H20N4. The lowest BCUT2D eigenvalue weighted by Gasteiger charge is -2.20. The van der Waals surface area contributed by atoms with Crippen LogP contribution < -0.4 is 11.1 Å². The van der Waals surface area contributed by atoms with Gasteiger partial charge in [0.1, 0.15) is 12.1 Å². The second-order valence-corrected chi connectivity index (χ2v) is 5.41. The molecule has 0 atom stereocenters. The lowest BCUT2D eigenvalue weighted by atomic mass is 9.96. The van der Waals surface area contributed by atoms with Crippen LogP contribution in [0.2, 0.25) is 0 Å². The molecule has 92 valence electrons. The van der Waals surface area contributed by atoms with E-state index in [0.717, 1.165) is 31.7 Å². The van der Waals surface area contributed by atoms with Crippen LogP contribution in [0.5, 0.6) is 0 Å². The van der Waals surface area contributed by atoms with Crippen molar-refractivity contribution in [2.45, 2.75) is 38.5 Å². The van der Waals surface area contributed by atoms with Crippen LogP contribution in [0.25, 0.3) is 0 Å². The third-order valence-corrected chi connectivity index (χ3v) is 4.15. The summed E-state index contributed by atoms with van der Waals surface area (Å²) < 4.78 is 0. The van der Waals surface area contributed by atoms with Gasteiger partial charge >= 0.3 is 0 Å². The maximum atomic E-state index is 5.80. The highest BCUT2D eigenvalue weighted by atomic mass is 15.0. The Labute approximate surface area is 102 Å². The highest BCUT2D eigenvalue weighted by Gasteiger charge is 2.41. The van der Waals surface area contributed by atoms with Gasteiger partial charge in [-0.2, -0.15) is 0 Å². The first-order valence-corrected chi connectivity index (χ1v) is 6.60. The van der Waals surface area contributed by atoms with Crippen LogP contribution >= 0.6 is 0 Å². The van der Waals surface area contributed by atoms with Crippen LogP contribution in [0.1, 0.15) is 36.9 Å². The number of aryl methyl sites for hydroxylation is 1. The number of nitrogens with two attached hydrogens (primary N) is 1. The molecule has 0 amide bonds. The van der Waals surface area contributed by atoms with Crippen molar-refractivity contribution in [1.82, 2.24) is 9.97 Å². The van der Waals surface area contributed by atoms with E-state index in [1.165, 1.54) is 36.9 Å². The van der Waals surface area contributed by atoms with E-state index in [0.29, 0.717) is 5.41 Å². The number of hydrogen-bond acceptors (Lipinski definition) is 4. The van der Waals surface area contributed by atoms with Gasteiger partial charge in [-0.05, 0) is 50.5 Å². The average Bonchev–Trinajstić information content (AvgIpc) is 3.17. The minimum atomic E-state index is 0.354. The summed E-state index contributed by atoms with van der Waals surface area (Å²) >= 11 is 0. The number of fused-ring (bicyclic) bond motifs is 1. The van der Waals surface area contributed by atoms with Gasteiger partial charge < -0.3 is 11.1 Å². The van der Waals surface area contributed by atoms with Crippen LogP contribution in [0.15, 0.2) is 6.33 Å². The van der Waals surface area contributed by atoms with Crippen LogP contribution in [0.3, 0.4) is 0 Å². The van der Waals surface area contributed by atoms with Crippen LogP contribution in [0.4, 0.5) is 5.82 Å².